The molecule has 1 radical (unpaired) electrons. The molecule has 0 heterocycles. The molecule has 1 fully saturated rings. The molecular weight excluding hydrogens is 675 g/mol. The van der Waals surface area contributed by atoms with Gasteiger partial charge in [-0.3, -0.25) is 4.79 Å². The zero-order valence-electron chi connectivity index (χ0n) is 27.2. The molecule has 0 aromatic heterocycles. The van der Waals surface area contributed by atoms with Gasteiger partial charge in [-0.1, -0.05) is 57.2 Å². The van der Waals surface area contributed by atoms with Crippen molar-refractivity contribution < 1.29 is 63.9 Å². The molecule has 1 amide bonds. The van der Waals surface area contributed by atoms with Gasteiger partial charge in [0, 0.05) is 51.1 Å². The summed E-state index contributed by atoms with van der Waals surface area (Å²) in [4.78, 5) is 21.9. The molecule has 3 rings (SSSR count). The van der Waals surface area contributed by atoms with Gasteiger partial charge in [-0.05, 0) is 78.2 Å². The minimum absolute atomic E-state index is 0. The minimum Gasteiger partial charge on any atom is -0.656 e. The van der Waals surface area contributed by atoms with Gasteiger partial charge in [0.05, 0.1) is 17.4 Å². The predicted molar refractivity (Wildman–Crippen MR) is 175 cm³/mol. The van der Waals surface area contributed by atoms with E-state index in [0.29, 0.717) is 48.7 Å². The Morgan fingerprint density at radius 3 is 1.77 bits per heavy atom. The van der Waals surface area contributed by atoms with E-state index >= 15 is 0 Å². The molecule has 11 heteroatoms. The summed E-state index contributed by atoms with van der Waals surface area (Å²) in [5, 5.41) is 3.85. The van der Waals surface area contributed by atoms with Crippen LogP contribution in [0.2, 0.25) is 0 Å². The number of sulfone groups is 2. The monoisotopic (exact) mass is 724 g/mol. The molecule has 2 aromatic carbocycles. The van der Waals surface area contributed by atoms with Gasteiger partial charge in [0.1, 0.15) is 25.4 Å². The fourth-order valence-corrected chi connectivity index (χ4v) is 6.75. The van der Waals surface area contributed by atoms with Crippen LogP contribution < -0.4 is 4.74 Å². The summed E-state index contributed by atoms with van der Waals surface area (Å²) in [6.45, 7) is 11.8. The number of carbonyl (C=O) groups excluding carboxylic acids is 2. The Bertz CT molecular complexity index is 1350. The van der Waals surface area contributed by atoms with Crippen molar-refractivity contribution in [3.8, 4) is 5.75 Å². The Labute approximate surface area is 291 Å². The zero-order chi connectivity index (χ0) is 32.8. The largest absolute Gasteiger partial charge is 0.656 e. The molecule has 44 heavy (non-hydrogen) atoms. The number of benzene rings is 2. The number of hydrogen-bond donors (Lipinski definition) is 0. The van der Waals surface area contributed by atoms with Crippen LogP contribution in [0.25, 0.3) is 5.32 Å². The van der Waals surface area contributed by atoms with Crippen molar-refractivity contribution in [1.29, 1.82) is 0 Å². The van der Waals surface area contributed by atoms with Crippen LogP contribution in [0.15, 0.2) is 48.5 Å². The van der Waals surface area contributed by atoms with Crippen molar-refractivity contribution in [2.75, 3.05) is 31.1 Å². The van der Waals surface area contributed by atoms with Crippen LogP contribution in [0.3, 0.4) is 0 Å². The van der Waals surface area contributed by atoms with E-state index in [1.165, 1.54) is 18.1 Å². The summed E-state index contributed by atoms with van der Waals surface area (Å²) in [7, 11) is -4.28. The number of amides is 1. The maximum absolute atomic E-state index is 11.9. The third-order valence-electron chi connectivity index (χ3n) is 8.23. The summed E-state index contributed by atoms with van der Waals surface area (Å²) in [6.07, 6.45) is 5.81. The Morgan fingerprint density at radius 1 is 0.909 bits per heavy atom. The molecule has 1 aliphatic rings. The summed E-state index contributed by atoms with van der Waals surface area (Å²) in [5.74, 6) is 2.65. The van der Waals surface area contributed by atoms with Crippen molar-refractivity contribution in [2.45, 2.75) is 59.3 Å². The number of aryl methyl sites for hydroxylation is 2. The number of ether oxygens (including phenoxy) is 1. The summed E-state index contributed by atoms with van der Waals surface area (Å²) >= 11 is 0. The molecule has 0 N–H and O–H groups in total. The fraction of sp³-hybridized carbons (Fsp3) is 0.545. The Kier molecular flexibility index (Phi) is 19.7. The molecule has 0 bridgehead atoms. The van der Waals surface area contributed by atoms with Crippen molar-refractivity contribution >= 4 is 32.1 Å². The van der Waals surface area contributed by atoms with E-state index in [-0.39, 0.29) is 56.0 Å². The first kappa shape index (κ1) is 42.4. The Hall–Kier alpha value is -1.62. The minimum atomic E-state index is -2.93. The first-order valence-corrected chi connectivity index (χ1v) is 18.7. The van der Waals surface area contributed by atoms with Crippen molar-refractivity contribution in [1.82, 2.24) is 0 Å². The van der Waals surface area contributed by atoms with Crippen molar-refractivity contribution in [3.05, 3.63) is 77.5 Å². The average Bonchev–Trinajstić information content (AvgIpc) is 3.36. The molecule has 8 nitrogen and oxygen atoms in total. The molecule has 0 aliphatic heterocycles. The van der Waals surface area contributed by atoms with Crippen LogP contribution in [0.4, 0.5) is 0 Å². The average molecular weight is 725 g/mol. The zero-order valence-corrected chi connectivity index (χ0v) is 31.7. The molecule has 0 spiro atoms. The first-order chi connectivity index (χ1) is 20.1. The Balaban J connectivity index is 0.000000878. The van der Waals surface area contributed by atoms with Crippen LogP contribution in [0.5, 0.6) is 5.75 Å². The second kappa shape index (κ2) is 20.5. The van der Waals surface area contributed by atoms with Gasteiger partial charge >= 0.3 is 0 Å². The molecule has 5 atom stereocenters. The molecule has 1 saturated carbocycles. The third kappa shape index (κ3) is 15.1. The van der Waals surface area contributed by atoms with Crippen LogP contribution in [-0.4, -0.2) is 60.3 Å². The molecule has 1 aliphatic carbocycles. The van der Waals surface area contributed by atoms with Gasteiger partial charge in [0.25, 0.3) is 6.47 Å². The Morgan fingerprint density at radius 2 is 1.36 bits per heavy atom. The SMILES string of the molecule is CS(=O)(=O)CCc1ccc(OC=O)cc1.C[N-]C(=O)C(C)C(C)[C@H]1CC[C@@H](c2ccc(CCS(C)(=O)=O)cc2)[C@H]1C.[CH2-]C.[Y]. The van der Waals surface area contributed by atoms with E-state index in [1.807, 2.05) is 6.92 Å². The van der Waals surface area contributed by atoms with Crippen molar-refractivity contribution in [2.24, 2.45) is 23.7 Å². The first-order valence-electron chi connectivity index (χ1n) is 14.6. The van der Waals surface area contributed by atoms with Gasteiger partial charge in [-0.15, -0.1) is 7.05 Å². The van der Waals surface area contributed by atoms with E-state index in [4.69, 9.17) is 0 Å². The standard InChI is InChI=1S/C21H33NO3S.C10H12O4S.C2H5.Y/c1-14(15(2)21(23)22-4)19-10-11-20(16(19)3)18-8-6-17(7-9-18)12-13-26(5,24)25;1-15(12,13)7-6-9-2-4-10(5-3-9)14-8-11;1-2;/h6-9,14-16,19-20H,10-13H2,1-5H3,(H,22,23);2-5,8H,6-7H2,1H3;1H2,2H3;/q;;-1;/p-1/t14?,15?,16-,19+,20+;;;/m0.../s1. The molecule has 2 aromatic rings. The van der Waals surface area contributed by atoms with E-state index < -0.39 is 19.7 Å². The normalized spacial score (nSPS) is 19.0. The number of carbonyl (C=O) groups is 2. The summed E-state index contributed by atoms with van der Waals surface area (Å²) < 4.78 is 49.0. The van der Waals surface area contributed by atoms with Crippen molar-refractivity contribution in [3.63, 3.8) is 0 Å². The maximum atomic E-state index is 11.9. The van der Waals surface area contributed by atoms with Gasteiger partial charge in [0.15, 0.2) is 0 Å². The number of hydrogen-bond acceptors (Lipinski definition) is 7. The molecular formula is C33H49NO7S2Y-2. The molecule has 0 saturated heterocycles. The van der Waals surface area contributed by atoms with Gasteiger partial charge in [-0.2, -0.15) is 6.92 Å². The number of rotatable bonds is 12. The number of nitrogens with zero attached hydrogens (tertiary/aromatic N) is 1. The van der Waals surface area contributed by atoms with Gasteiger partial charge in [-0.25, -0.2) is 16.8 Å². The summed E-state index contributed by atoms with van der Waals surface area (Å²) in [6, 6.07) is 15.2. The smallest absolute Gasteiger partial charge is 0.298 e. The van der Waals surface area contributed by atoms with Crippen LogP contribution >= 0.6 is 0 Å². The van der Waals surface area contributed by atoms with E-state index in [9.17, 15) is 26.4 Å². The van der Waals surface area contributed by atoms with Crippen LogP contribution in [-0.2, 0) is 74.8 Å². The maximum Gasteiger partial charge on any atom is 0.298 e. The molecule has 2 unspecified atom stereocenters. The van der Waals surface area contributed by atoms with Crippen LogP contribution in [0, 0.1) is 30.6 Å². The fourth-order valence-electron chi connectivity index (χ4n) is 5.54. The van der Waals surface area contributed by atoms with E-state index in [0.717, 1.165) is 24.0 Å². The predicted octanol–water partition coefficient (Wildman–Crippen LogP) is 5.85. The topological polar surface area (TPSA) is 126 Å². The van der Waals surface area contributed by atoms with Gasteiger partial charge in [0.2, 0.25) is 0 Å². The second-order valence-electron chi connectivity index (χ2n) is 11.3. The van der Waals surface area contributed by atoms with E-state index in [1.54, 1.807) is 38.2 Å². The van der Waals surface area contributed by atoms with E-state index in [2.05, 4.69) is 55.1 Å². The second-order valence-corrected chi connectivity index (χ2v) is 15.8. The van der Waals surface area contributed by atoms with Gasteiger partial charge < -0.3 is 21.8 Å². The van der Waals surface area contributed by atoms with Crippen LogP contribution in [0.1, 0.15) is 63.1 Å². The third-order valence-corrected chi connectivity index (χ3v) is 10.1. The summed E-state index contributed by atoms with van der Waals surface area (Å²) in [5.41, 5.74) is 3.30. The quantitative estimate of drug-likeness (QED) is 0.199. The molecule has 245 valence electrons.